The van der Waals surface area contributed by atoms with Crippen LogP contribution < -0.4 is 5.73 Å². The molecule has 2 fully saturated rings. The molecule has 6 nitrogen and oxygen atoms in total. The van der Waals surface area contributed by atoms with Crippen molar-refractivity contribution in [2.45, 2.75) is 37.6 Å². The molecule has 3 rings (SSSR count). The van der Waals surface area contributed by atoms with Crippen LogP contribution in [0.1, 0.15) is 17.5 Å². The fourth-order valence-corrected chi connectivity index (χ4v) is 3.18. The summed E-state index contributed by atoms with van der Waals surface area (Å²) in [6.45, 7) is 0.609. The van der Waals surface area contributed by atoms with E-state index in [-0.39, 0.29) is 31.0 Å². The van der Waals surface area contributed by atoms with Crippen LogP contribution in [0, 0.1) is 0 Å². The summed E-state index contributed by atoms with van der Waals surface area (Å²) < 4.78 is 5.39. The molecule has 2 aliphatic rings. The zero-order valence-corrected chi connectivity index (χ0v) is 12.3. The minimum atomic E-state index is -0.674. The maximum atomic E-state index is 12.5. The van der Waals surface area contributed by atoms with Crippen LogP contribution >= 0.6 is 0 Å². The van der Waals surface area contributed by atoms with Crippen LogP contribution in [-0.4, -0.2) is 53.0 Å². The second-order valence-corrected chi connectivity index (χ2v) is 5.87. The number of nitrogens with two attached hydrogens (primary N) is 1. The predicted molar refractivity (Wildman–Crippen MR) is 78.9 cm³/mol. The molecule has 3 unspecified atom stereocenters. The summed E-state index contributed by atoms with van der Waals surface area (Å²) in [6, 6.07) is 6.21. The Kier molecular flexibility index (Phi) is 4.24. The van der Waals surface area contributed by atoms with Gasteiger partial charge in [-0.2, -0.15) is 0 Å². The molecule has 0 saturated carbocycles. The average molecular weight is 304 g/mol. The van der Waals surface area contributed by atoms with Gasteiger partial charge in [0.2, 0.25) is 5.91 Å². The van der Waals surface area contributed by atoms with Crippen molar-refractivity contribution in [3.05, 3.63) is 35.4 Å². The highest BCUT2D eigenvalue weighted by Crippen LogP contribution is 2.27. The van der Waals surface area contributed by atoms with Crippen molar-refractivity contribution < 1.29 is 19.4 Å². The number of carbonyl (C=O) groups excluding carboxylic acids is 2. The number of benzene rings is 1. The largest absolute Gasteiger partial charge is 0.392 e. The number of aliphatic hydroxyl groups is 1. The van der Waals surface area contributed by atoms with Crippen LogP contribution in [0.2, 0.25) is 0 Å². The van der Waals surface area contributed by atoms with Gasteiger partial charge in [0.05, 0.1) is 18.8 Å². The number of carbonyl (C=O) groups is 2. The third-order valence-electron chi connectivity index (χ3n) is 4.37. The van der Waals surface area contributed by atoms with Gasteiger partial charge in [0.1, 0.15) is 12.6 Å². The Balaban J connectivity index is 1.65. The highest BCUT2D eigenvalue weighted by molar-refractivity contribution is 5.94. The number of fused-ring (bicyclic) bond motifs is 1. The number of aliphatic hydroxyl groups excluding tert-OH is 1. The summed E-state index contributed by atoms with van der Waals surface area (Å²) in [5.41, 5.74) is 7.79. The van der Waals surface area contributed by atoms with Crippen LogP contribution in [-0.2, 0) is 27.4 Å². The van der Waals surface area contributed by atoms with Gasteiger partial charge in [0, 0.05) is 6.54 Å². The van der Waals surface area contributed by atoms with E-state index in [4.69, 9.17) is 15.6 Å². The average Bonchev–Trinajstić information content (AvgIpc) is 3.11. The van der Waals surface area contributed by atoms with Gasteiger partial charge in [-0.05, 0) is 24.0 Å². The highest BCUT2D eigenvalue weighted by Gasteiger charge is 2.47. The van der Waals surface area contributed by atoms with Crippen molar-refractivity contribution in [1.29, 1.82) is 0 Å². The lowest BCUT2D eigenvalue weighted by Gasteiger charge is -2.25. The zero-order valence-electron chi connectivity index (χ0n) is 12.3. The van der Waals surface area contributed by atoms with E-state index in [9.17, 15) is 9.59 Å². The molecule has 1 aromatic rings. The molecular weight excluding hydrogens is 284 g/mol. The molecule has 1 aromatic carbocycles. The van der Waals surface area contributed by atoms with Crippen molar-refractivity contribution in [3.63, 3.8) is 0 Å². The number of likely N-dealkylation sites (tertiary alicyclic amines) is 1. The van der Waals surface area contributed by atoms with Gasteiger partial charge in [-0.15, -0.1) is 0 Å². The fourth-order valence-electron chi connectivity index (χ4n) is 3.18. The summed E-state index contributed by atoms with van der Waals surface area (Å²) in [6.07, 6.45) is 0.945. The maximum Gasteiger partial charge on any atom is 0.240 e. The Bertz CT molecular complexity index is 572. The molecule has 22 heavy (non-hydrogen) atoms. The number of nitrogens with zero attached hydrogens (tertiary/aromatic N) is 1. The lowest BCUT2D eigenvalue weighted by molar-refractivity contribution is -0.137. The van der Waals surface area contributed by atoms with Gasteiger partial charge >= 0.3 is 0 Å². The number of amides is 1. The SMILES string of the molecule is NC(Cc1ccc(CO)cc1)C(=O)N1CCC2OCC(=O)C21. The number of hydrogen-bond donors (Lipinski definition) is 2. The summed E-state index contributed by atoms with van der Waals surface area (Å²) >= 11 is 0. The van der Waals surface area contributed by atoms with E-state index >= 15 is 0 Å². The lowest BCUT2D eigenvalue weighted by Crippen LogP contribution is -2.50. The molecule has 3 atom stereocenters. The van der Waals surface area contributed by atoms with Gasteiger partial charge in [-0.1, -0.05) is 24.3 Å². The number of rotatable bonds is 4. The quantitative estimate of drug-likeness (QED) is 0.791. The topological polar surface area (TPSA) is 92.9 Å². The minimum Gasteiger partial charge on any atom is -0.392 e. The van der Waals surface area contributed by atoms with Gasteiger partial charge < -0.3 is 20.5 Å². The Morgan fingerprint density at radius 1 is 1.36 bits per heavy atom. The van der Waals surface area contributed by atoms with Crippen molar-refractivity contribution in [3.8, 4) is 0 Å². The fraction of sp³-hybridized carbons (Fsp3) is 0.500. The Labute approximate surface area is 128 Å². The molecule has 2 aliphatic heterocycles. The first-order valence-electron chi connectivity index (χ1n) is 7.49. The normalized spacial score (nSPS) is 25.4. The molecule has 0 spiro atoms. The van der Waals surface area contributed by atoms with Gasteiger partial charge in [0.25, 0.3) is 0 Å². The molecule has 1 amide bonds. The zero-order chi connectivity index (χ0) is 15.7. The van der Waals surface area contributed by atoms with E-state index in [0.717, 1.165) is 11.1 Å². The first kappa shape index (κ1) is 15.1. The first-order valence-corrected chi connectivity index (χ1v) is 7.49. The van der Waals surface area contributed by atoms with E-state index in [2.05, 4.69) is 0 Å². The lowest BCUT2D eigenvalue weighted by atomic mass is 10.0. The van der Waals surface area contributed by atoms with Crippen LogP contribution in [0.5, 0.6) is 0 Å². The van der Waals surface area contributed by atoms with Crippen molar-refractivity contribution in [2.75, 3.05) is 13.2 Å². The third kappa shape index (κ3) is 2.77. The van der Waals surface area contributed by atoms with E-state index in [1.807, 2.05) is 24.3 Å². The summed E-state index contributed by atoms with van der Waals surface area (Å²) in [7, 11) is 0. The molecule has 0 bridgehead atoms. The number of ketones is 1. The van der Waals surface area contributed by atoms with Crippen LogP contribution in [0.25, 0.3) is 0 Å². The highest BCUT2D eigenvalue weighted by atomic mass is 16.5. The summed E-state index contributed by atoms with van der Waals surface area (Å²) in [5, 5.41) is 9.02. The van der Waals surface area contributed by atoms with E-state index < -0.39 is 12.1 Å². The number of hydrogen-bond acceptors (Lipinski definition) is 5. The monoisotopic (exact) mass is 304 g/mol. The number of Topliss-reactive ketones (excluding diaryl/α,β-unsaturated/α-hetero) is 1. The smallest absolute Gasteiger partial charge is 0.240 e. The second kappa shape index (κ2) is 6.16. The number of ether oxygens (including phenoxy) is 1. The third-order valence-corrected chi connectivity index (χ3v) is 4.37. The van der Waals surface area contributed by atoms with E-state index in [0.29, 0.717) is 19.4 Å². The Morgan fingerprint density at radius 2 is 2.05 bits per heavy atom. The minimum absolute atomic E-state index is 0.00970. The molecule has 0 aromatic heterocycles. The molecule has 118 valence electrons. The molecule has 0 aliphatic carbocycles. The molecule has 2 saturated heterocycles. The van der Waals surface area contributed by atoms with Gasteiger partial charge in [-0.25, -0.2) is 0 Å². The standard InChI is InChI=1S/C16H20N2O4/c17-12(7-10-1-3-11(8-19)4-2-10)16(21)18-6-5-14-15(18)13(20)9-22-14/h1-4,12,14-15,19H,5-9,17H2. The summed E-state index contributed by atoms with van der Waals surface area (Å²) in [5.74, 6) is -0.229. The van der Waals surface area contributed by atoms with E-state index in [1.165, 1.54) is 0 Å². The van der Waals surface area contributed by atoms with Crippen molar-refractivity contribution >= 4 is 11.7 Å². The van der Waals surface area contributed by atoms with Gasteiger partial charge in [0.15, 0.2) is 5.78 Å². The second-order valence-electron chi connectivity index (χ2n) is 5.87. The molecule has 0 radical (unpaired) electrons. The van der Waals surface area contributed by atoms with Crippen LogP contribution in [0.15, 0.2) is 24.3 Å². The van der Waals surface area contributed by atoms with Gasteiger partial charge in [-0.3, -0.25) is 9.59 Å². The maximum absolute atomic E-state index is 12.5. The van der Waals surface area contributed by atoms with Crippen molar-refractivity contribution in [2.24, 2.45) is 5.73 Å². The van der Waals surface area contributed by atoms with Crippen molar-refractivity contribution in [1.82, 2.24) is 4.90 Å². The Morgan fingerprint density at radius 3 is 2.73 bits per heavy atom. The predicted octanol–water partition coefficient (Wildman–Crippen LogP) is -0.382. The molecule has 3 N–H and O–H groups in total. The first-order chi connectivity index (χ1) is 10.6. The van der Waals surface area contributed by atoms with Crippen LogP contribution in [0.4, 0.5) is 0 Å². The van der Waals surface area contributed by atoms with Crippen LogP contribution in [0.3, 0.4) is 0 Å². The molecular formula is C16H20N2O4. The molecule has 6 heteroatoms. The molecule has 2 heterocycles. The van der Waals surface area contributed by atoms with E-state index in [1.54, 1.807) is 4.90 Å². The summed E-state index contributed by atoms with van der Waals surface area (Å²) in [4.78, 5) is 25.9. The Hall–Kier alpha value is -1.76.